The first-order valence-electron chi connectivity index (χ1n) is 8.08. The summed E-state index contributed by atoms with van der Waals surface area (Å²) in [4.78, 5) is 11.3. The number of nitrogen functional groups attached to an aromatic ring is 2. The molecule has 0 aromatic heterocycles. The SMILES string of the molecule is CC(=O)Nc1cccc(-c2ccc(-c3ccc(N)cc3)c(N)c2C)c1. The maximum atomic E-state index is 11.3. The van der Waals surface area contributed by atoms with Gasteiger partial charge in [0.15, 0.2) is 0 Å². The molecular weight excluding hydrogens is 310 g/mol. The van der Waals surface area contributed by atoms with Gasteiger partial charge in [0.25, 0.3) is 0 Å². The second-order valence-corrected chi connectivity index (χ2v) is 6.08. The molecule has 0 bridgehead atoms. The van der Waals surface area contributed by atoms with Crippen LogP contribution in [0.3, 0.4) is 0 Å². The van der Waals surface area contributed by atoms with E-state index in [0.717, 1.165) is 44.9 Å². The summed E-state index contributed by atoms with van der Waals surface area (Å²) >= 11 is 0. The Balaban J connectivity index is 2.03. The summed E-state index contributed by atoms with van der Waals surface area (Å²) in [5, 5.41) is 2.81. The van der Waals surface area contributed by atoms with Gasteiger partial charge in [-0.2, -0.15) is 0 Å². The summed E-state index contributed by atoms with van der Waals surface area (Å²) in [5.74, 6) is -0.0907. The van der Waals surface area contributed by atoms with E-state index < -0.39 is 0 Å². The number of carbonyl (C=O) groups excluding carboxylic acids is 1. The van der Waals surface area contributed by atoms with Crippen LogP contribution in [-0.2, 0) is 4.79 Å². The Morgan fingerprint density at radius 1 is 0.880 bits per heavy atom. The highest BCUT2D eigenvalue weighted by atomic mass is 16.1. The predicted octanol–water partition coefficient (Wildman–Crippen LogP) is 4.45. The van der Waals surface area contributed by atoms with Crippen molar-refractivity contribution in [3.63, 3.8) is 0 Å². The third kappa shape index (κ3) is 3.48. The van der Waals surface area contributed by atoms with E-state index in [1.54, 1.807) is 0 Å². The van der Waals surface area contributed by atoms with Crippen LogP contribution in [0.1, 0.15) is 12.5 Å². The fraction of sp³-hybridized carbons (Fsp3) is 0.0952. The molecule has 0 saturated heterocycles. The first-order valence-corrected chi connectivity index (χ1v) is 8.08. The van der Waals surface area contributed by atoms with E-state index in [4.69, 9.17) is 11.5 Å². The highest BCUT2D eigenvalue weighted by Gasteiger charge is 2.11. The zero-order chi connectivity index (χ0) is 18.0. The highest BCUT2D eigenvalue weighted by molar-refractivity contribution is 5.90. The maximum Gasteiger partial charge on any atom is 0.221 e. The molecule has 4 heteroatoms. The molecule has 0 heterocycles. The molecule has 25 heavy (non-hydrogen) atoms. The highest BCUT2D eigenvalue weighted by Crippen LogP contribution is 2.35. The zero-order valence-electron chi connectivity index (χ0n) is 14.3. The number of hydrogen-bond acceptors (Lipinski definition) is 3. The van der Waals surface area contributed by atoms with E-state index in [2.05, 4.69) is 11.4 Å². The van der Waals surface area contributed by atoms with Gasteiger partial charge in [0.05, 0.1) is 0 Å². The Bertz CT molecular complexity index is 930. The number of hydrogen-bond donors (Lipinski definition) is 3. The number of rotatable bonds is 3. The van der Waals surface area contributed by atoms with E-state index in [1.807, 2.05) is 61.5 Å². The third-order valence-corrected chi connectivity index (χ3v) is 4.23. The van der Waals surface area contributed by atoms with Crippen molar-refractivity contribution in [2.75, 3.05) is 16.8 Å². The van der Waals surface area contributed by atoms with Gasteiger partial charge < -0.3 is 16.8 Å². The van der Waals surface area contributed by atoms with E-state index in [9.17, 15) is 4.79 Å². The van der Waals surface area contributed by atoms with Gasteiger partial charge in [0, 0.05) is 29.5 Å². The number of anilines is 3. The van der Waals surface area contributed by atoms with Crippen molar-refractivity contribution >= 4 is 23.0 Å². The summed E-state index contributed by atoms with van der Waals surface area (Å²) in [6.45, 7) is 3.51. The Kier molecular flexibility index (Phi) is 4.44. The van der Waals surface area contributed by atoms with Crippen LogP contribution in [0, 0.1) is 6.92 Å². The van der Waals surface area contributed by atoms with Gasteiger partial charge in [-0.15, -0.1) is 0 Å². The molecule has 3 aromatic rings. The fourth-order valence-corrected chi connectivity index (χ4v) is 2.92. The van der Waals surface area contributed by atoms with Crippen LogP contribution in [0.15, 0.2) is 60.7 Å². The Morgan fingerprint density at radius 2 is 1.56 bits per heavy atom. The minimum absolute atomic E-state index is 0.0907. The van der Waals surface area contributed by atoms with Crippen molar-refractivity contribution in [2.45, 2.75) is 13.8 Å². The Hall–Kier alpha value is -3.27. The van der Waals surface area contributed by atoms with Crippen LogP contribution in [-0.4, -0.2) is 5.91 Å². The van der Waals surface area contributed by atoms with Crippen molar-refractivity contribution in [3.05, 3.63) is 66.2 Å². The van der Waals surface area contributed by atoms with E-state index in [-0.39, 0.29) is 5.91 Å². The molecule has 4 nitrogen and oxygen atoms in total. The van der Waals surface area contributed by atoms with Crippen molar-refractivity contribution < 1.29 is 4.79 Å². The molecule has 0 aliphatic carbocycles. The maximum absolute atomic E-state index is 11.3. The van der Waals surface area contributed by atoms with Crippen LogP contribution in [0.2, 0.25) is 0 Å². The van der Waals surface area contributed by atoms with Crippen molar-refractivity contribution in [1.29, 1.82) is 0 Å². The average molecular weight is 331 g/mol. The number of benzene rings is 3. The van der Waals surface area contributed by atoms with Crippen molar-refractivity contribution in [1.82, 2.24) is 0 Å². The Morgan fingerprint density at radius 3 is 2.24 bits per heavy atom. The number of nitrogens with one attached hydrogen (secondary N) is 1. The Labute approximate surface area is 147 Å². The quantitative estimate of drug-likeness (QED) is 0.620. The molecule has 0 saturated carbocycles. The van der Waals surface area contributed by atoms with Crippen molar-refractivity contribution in [3.8, 4) is 22.3 Å². The van der Waals surface area contributed by atoms with E-state index in [1.165, 1.54) is 6.92 Å². The summed E-state index contributed by atoms with van der Waals surface area (Å²) in [6.07, 6.45) is 0. The van der Waals surface area contributed by atoms with Crippen LogP contribution in [0.4, 0.5) is 17.1 Å². The molecule has 1 amide bonds. The lowest BCUT2D eigenvalue weighted by atomic mass is 9.93. The van der Waals surface area contributed by atoms with E-state index >= 15 is 0 Å². The molecule has 3 rings (SSSR count). The van der Waals surface area contributed by atoms with Gasteiger partial charge in [-0.3, -0.25) is 4.79 Å². The third-order valence-electron chi connectivity index (χ3n) is 4.23. The van der Waals surface area contributed by atoms with Crippen LogP contribution >= 0.6 is 0 Å². The molecule has 0 unspecified atom stereocenters. The topological polar surface area (TPSA) is 81.1 Å². The van der Waals surface area contributed by atoms with Gasteiger partial charge >= 0.3 is 0 Å². The number of carbonyl (C=O) groups is 1. The molecule has 5 N–H and O–H groups in total. The molecular formula is C21H21N3O. The molecule has 0 aliphatic rings. The number of nitrogens with two attached hydrogens (primary N) is 2. The lowest BCUT2D eigenvalue weighted by molar-refractivity contribution is -0.114. The second kappa shape index (κ2) is 6.69. The van der Waals surface area contributed by atoms with Crippen molar-refractivity contribution in [2.24, 2.45) is 0 Å². The molecule has 0 spiro atoms. The zero-order valence-corrected chi connectivity index (χ0v) is 14.3. The largest absolute Gasteiger partial charge is 0.399 e. The van der Waals surface area contributed by atoms with Crippen LogP contribution in [0.5, 0.6) is 0 Å². The molecule has 0 aliphatic heterocycles. The van der Waals surface area contributed by atoms with Gasteiger partial charge in [-0.25, -0.2) is 0 Å². The minimum atomic E-state index is -0.0907. The van der Waals surface area contributed by atoms with Crippen LogP contribution in [0.25, 0.3) is 22.3 Å². The summed E-state index contributed by atoms with van der Waals surface area (Å²) < 4.78 is 0. The monoisotopic (exact) mass is 331 g/mol. The predicted molar refractivity (Wildman–Crippen MR) is 105 cm³/mol. The standard InChI is InChI=1S/C21H21N3O/c1-13-19(16-4-3-5-18(12-16)24-14(2)25)10-11-20(21(13)23)15-6-8-17(22)9-7-15/h3-12H,22-23H2,1-2H3,(H,24,25). The van der Waals surface area contributed by atoms with Crippen LogP contribution < -0.4 is 16.8 Å². The smallest absolute Gasteiger partial charge is 0.221 e. The summed E-state index contributed by atoms with van der Waals surface area (Å²) in [6, 6.07) is 19.5. The van der Waals surface area contributed by atoms with Gasteiger partial charge in [0.1, 0.15) is 0 Å². The van der Waals surface area contributed by atoms with Gasteiger partial charge in [-0.1, -0.05) is 36.4 Å². The van der Waals surface area contributed by atoms with Gasteiger partial charge in [0.2, 0.25) is 5.91 Å². The summed E-state index contributed by atoms with van der Waals surface area (Å²) in [7, 11) is 0. The molecule has 3 aromatic carbocycles. The average Bonchev–Trinajstić information content (AvgIpc) is 2.58. The fourth-order valence-electron chi connectivity index (χ4n) is 2.92. The van der Waals surface area contributed by atoms with E-state index in [0.29, 0.717) is 0 Å². The van der Waals surface area contributed by atoms with Gasteiger partial charge in [-0.05, 0) is 53.4 Å². The molecule has 126 valence electrons. The molecule has 0 atom stereocenters. The first-order chi connectivity index (χ1) is 12.0. The lowest BCUT2D eigenvalue weighted by Crippen LogP contribution is -2.05. The second-order valence-electron chi connectivity index (χ2n) is 6.08. The first kappa shape index (κ1) is 16.6. The number of amides is 1. The summed E-state index contributed by atoms with van der Waals surface area (Å²) in [5.41, 5.74) is 19.5. The lowest BCUT2D eigenvalue weighted by Gasteiger charge is -2.15. The molecule has 0 fully saturated rings. The normalized spacial score (nSPS) is 10.5. The minimum Gasteiger partial charge on any atom is -0.399 e. The molecule has 0 radical (unpaired) electrons.